The normalized spacial score (nSPS) is 15.9. The summed E-state index contributed by atoms with van der Waals surface area (Å²) < 4.78 is 0. The Hall–Kier alpha value is -2.40. The molecule has 0 spiro atoms. The van der Waals surface area contributed by atoms with Crippen LogP contribution in [0.3, 0.4) is 0 Å². The molecule has 0 fully saturated rings. The van der Waals surface area contributed by atoms with Gasteiger partial charge in [0.1, 0.15) is 0 Å². The van der Waals surface area contributed by atoms with E-state index >= 15 is 0 Å². The average Bonchev–Trinajstić information content (AvgIpc) is 3.16. The molecule has 0 aliphatic rings. The lowest BCUT2D eigenvalue weighted by molar-refractivity contribution is -0.144. The van der Waals surface area contributed by atoms with Crippen LogP contribution in [-0.4, -0.2) is 59.7 Å². The maximum absolute atomic E-state index is 13.4. The molecule has 170 valence electrons. The van der Waals surface area contributed by atoms with Gasteiger partial charge in [-0.3, -0.25) is 14.5 Å². The fourth-order valence-corrected chi connectivity index (χ4v) is 4.34. The number of rotatable bonds is 11. The van der Waals surface area contributed by atoms with Crippen LogP contribution in [0.4, 0.5) is 0 Å². The number of para-hydroxylation sites is 1. The maximum Gasteiger partial charge on any atom is 0.240 e. The van der Waals surface area contributed by atoms with E-state index in [4.69, 9.17) is 0 Å². The molecule has 2 rings (SSSR count). The van der Waals surface area contributed by atoms with Crippen LogP contribution < -0.4 is 0 Å². The van der Waals surface area contributed by atoms with E-state index in [1.54, 1.807) is 11.9 Å². The number of aromatic amines is 1. The van der Waals surface area contributed by atoms with Crippen molar-refractivity contribution in [1.82, 2.24) is 14.8 Å². The van der Waals surface area contributed by atoms with Crippen LogP contribution in [0, 0.1) is 11.8 Å². The highest BCUT2D eigenvalue weighted by molar-refractivity contribution is 5.93. The summed E-state index contributed by atoms with van der Waals surface area (Å²) in [6.45, 7) is 8.33. The molecular formula is C26H39N3O2. The largest absolute Gasteiger partial charge is 0.361 e. The van der Waals surface area contributed by atoms with Crippen LogP contribution in [0.15, 0.2) is 36.5 Å². The lowest BCUT2D eigenvalue weighted by atomic mass is 9.90. The molecular weight excluding hydrogens is 386 g/mol. The number of benzene rings is 1. The minimum absolute atomic E-state index is 0.0265. The maximum atomic E-state index is 13.4. The number of hydrogen-bond acceptors (Lipinski definition) is 3. The fraction of sp³-hybridized carbons (Fsp3) is 0.538. The molecule has 31 heavy (non-hydrogen) atoms. The molecule has 0 unspecified atom stereocenters. The number of amides is 1. The van der Waals surface area contributed by atoms with Crippen LogP contribution in [0.1, 0.15) is 52.5 Å². The highest BCUT2D eigenvalue weighted by Crippen LogP contribution is 2.23. The third kappa shape index (κ3) is 5.85. The third-order valence-electron chi connectivity index (χ3n) is 6.51. The predicted molar refractivity (Wildman–Crippen MR) is 130 cm³/mol. The van der Waals surface area contributed by atoms with Crippen molar-refractivity contribution in [1.29, 1.82) is 0 Å². The molecule has 1 aromatic carbocycles. The second-order valence-corrected chi connectivity index (χ2v) is 8.94. The molecule has 1 N–H and O–H groups in total. The number of H-pyrrole nitrogens is 1. The number of carbonyl (C=O) groups is 2. The number of fused-ring (bicyclic) bond motifs is 1. The Morgan fingerprint density at radius 2 is 1.61 bits per heavy atom. The lowest BCUT2D eigenvalue weighted by Gasteiger charge is -2.37. The number of carbonyl (C=O) groups excluding carboxylic acids is 2. The minimum atomic E-state index is -0.420. The van der Waals surface area contributed by atoms with Crippen LogP contribution in [-0.2, 0) is 9.59 Å². The lowest BCUT2D eigenvalue weighted by Crippen LogP contribution is -2.54. The van der Waals surface area contributed by atoms with Crippen molar-refractivity contribution in [3.63, 3.8) is 0 Å². The molecule has 1 heterocycles. The zero-order chi connectivity index (χ0) is 23.1. The fourth-order valence-electron chi connectivity index (χ4n) is 4.34. The monoisotopic (exact) mass is 425 g/mol. The van der Waals surface area contributed by atoms with Gasteiger partial charge in [-0.25, -0.2) is 0 Å². The van der Waals surface area contributed by atoms with Crippen LogP contribution >= 0.6 is 0 Å². The molecule has 2 aromatic rings. The van der Waals surface area contributed by atoms with Gasteiger partial charge in [0.15, 0.2) is 5.78 Å². The Balaban J connectivity index is 2.18. The first-order valence-electron chi connectivity index (χ1n) is 11.4. The molecule has 0 radical (unpaired) electrons. The van der Waals surface area contributed by atoms with Crippen LogP contribution in [0.5, 0.6) is 0 Å². The summed E-state index contributed by atoms with van der Waals surface area (Å²) in [5.74, 6) is 0.434. The molecule has 4 atom stereocenters. The highest BCUT2D eigenvalue weighted by atomic mass is 16.2. The van der Waals surface area contributed by atoms with E-state index in [9.17, 15) is 9.59 Å². The topological polar surface area (TPSA) is 56.4 Å². The second-order valence-electron chi connectivity index (χ2n) is 8.94. The number of hydrogen-bond donors (Lipinski definition) is 1. The standard InChI is InChI=1S/C26H39N3O2/c1-8-18(3)24(29(7)26(31)25(28(5)6)19(4)9-2)23(30)16-12-13-20-17-27-22-15-11-10-14-21(20)22/h10-15,17-19,24-25,27H,8-9,16H2,1-7H3/b13-12-/t18-,19-,24-,25-/m0/s1. The predicted octanol–water partition coefficient (Wildman–Crippen LogP) is 4.99. The number of nitrogens with zero attached hydrogens (tertiary/aromatic N) is 2. The summed E-state index contributed by atoms with van der Waals surface area (Å²) in [7, 11) is 5.67. The molecule has 0 aliphatic carbocycles. The van der Waals surface area contributed by atoms with Crippen molar-refractivity contribution in [2.24, 2.45) is 11.8 Å². The highest BCUT2D eigenvalue weighted by Gasteiger charge is 2.36. The van der Waals surface area contributed by atoms with Gasteiger partial charge in [-0.15, -0.1) is 0 Å². The van der Waals surface area contributed by atoms with Gasteiger partial charge in [-0.05, 0) is 37.6 Å². The summed E-state index contributed by atoms with van der Waals surface area (Å²) in [5.41, 5.74) is 2.15. The van der Waals surface area contributed by atoms with E-state index in [0.29, 0.717) is 6.42 Å². The van der Waals surface area contributed by atoms with Crippen molar-refractivity contribution < 1.29 is 9.59 Å². The Morgan fingerprint density at radius 3 is 2.23 bits per heavy atom. The molecule has 0 saturated carbocycles. The molecule has 5 nitrogen and oxygen atoms in total. The second kappa shape index (κ2) is 11.3. The molecule has 1 aromatic heterocycles. The van der Waals surface area contributed by atoms with Gasteiger partial charge >= 0.3 is 0 Å². The molecule has 5 heteroatoms. The molecule has 0 saturated heterocycles. The van der Waals surface area contributed by atoms with Crippen LogP contribution in [0.2, 0.25) is 0 Å². The van der Waals surface area contributed by atoms with Crippen molar-refractivity contribution in [3.05, 3.63) is 42.1 Å². The number of nitrogens with one attached hydrogen (secondary N) is 1. The Labute approximate surface area is 187 Å². The van der Waals surface area contributed by atoms with Crippen molar-refractivity contribution in [2.45, 2.75) is 59.0 Å². The first-order valence-corrected chi connectivity index (χ1v) is 11.4. The molecule has 0 aliphatic heterocycles. The van der Waals surface area contributed by atoms with E-state index < -0.39 is 6.04 Å². The summed E-state index contributed by atoms with van der Waals surface area (Å²) in [6.07, 6.45) is 7.94. The van der Waals surface area contributed by atoms with Gasteiger partial charge in [0.25, 0.3) is 0 Å². The van der Waals surface area contributed by atoms with Gasteiger partial charge < -0.3 is 9.88 Å². The van der Waals surface area contributed by atoms with E-state index in [1.807, 2.05) is 55.5 Å². The summed E-state index contributed by atoms with van der Waals surface area (Å²) in [5, 5.41) is 1.14. The van der Waals surface area contributed by atoms with Crippen LogP contribution in [0.25, 0.3) is 17.0 Å². The zero-order valence-electron chi connectivity index (χ0n) is 20.2. The van der Waals surface area contributed by atoms with Gasteiger partial charge in [-0.2, -0.15) is 0 Å². The average molecular weight is 426 g/mol. The van der Waals surface area contributed by atoms with E-state index in [0.717, 1.165) is 29.3 Å². The van der Waals surface area contributed by atoms with E-state index in [-0.39, 0.29) is 29.6 Å². The SMILES string of the molecule is CC[C@H](C)[C@@H](C(=O)N(C)[C@H](C(=O)C/C=C\c1c[nH]c2ccccc12)[C@@H](C)CC)N(C)C. The number of Topliss-reactive ketones (excluding diaryl/α,β-unsaturated/α-hetero) is 1. The first kappa shape index (κ1) is 24.9. The smallest absolute Gasteiger partial charge is 0.240 e. The first-order chi connectivity index (χ1) is 14.7. The summed E-state index contributed by atoms with van der Waals surface area (Å²) in [6, 6.07) is 7.47. The van der Waals surface area contributed by atoms with Gasteiger partial charge in [0, 0.05) is 30.6 Å². The van der Waals surface area contributed by atoms with E-state index in [1.165, 1.54) is 0 Å². The zero-order valence-corrected chi connectivity index (χ0v) is 20.2. The van der Waals surface area contributed by atoms with Crippen molar-refractivity contribution in [3.8, 4) is 0 Å². The number of aromatic nitrogens is 1. The van der Waals surface area contributed by atoms with Crippen molar-refractivity contribution >= 4 is 28.7 Å². The number of likely N-dealkylation sites (N-methyl/N-ethyl adjacent to an activating group) is 2. The Kier molecular flexibility index (Phi) is 9.05. The van der Waals surface area contributed by atoms with Crippen molar-refractivity contribution in [2.75, 3.05) is 21.1 Å². The van der Waals surface area contributed by atoms with Gasteiger partial charge in [-0.1, -0.05) is 70.9 Å². The number of allylic oxidation sites excluding steroid dienone is 1. The molecule has 1 amide bonds. The van der Waals surface area contributed by atoms with Gasteiger partial charge in [0.05, 0.1) is 12.1 Å². The molecule has 0 bridgehead atoms. The number of ketones is 1. The Morgan fingerprint density at radius 1 is 1.00 bits per heavy atom. The summed E-state index contributed by atoms with van der Waals surface area (Å²) in [4.78, 5) is 33.5. The quantitative estimate of drug-likeness (QED) is 0.552. The minimum Gasteiger partial charge on any atom is -0.361 e. The third-order valence-corrected chi connectivity index (χ3v) is 6.51. The van der Waals surface area contributed by atoms with Gasteiger partial charge in [0.2, 0.25) is 5.91 Å². The summed E-state index contributed by atoms with van der Waals surface area (Å²) >= 11 is 0. The Bertz CT molecular complexity index is 899. The van der Waals surface area contributed by atoms with E-state index in [2.05, 4.69) is 38.7 Å².